The summed E-state index contributed by atoms with van der Waals surface area (Å²) in [4.78, 5) is 14.7. The van der Waals surface area contributed by atoms with Gasteiger partial charge < -0.3 is 4.90 Å². The molecule has 2 nitrogen and oxygen atoms in total. The maximum absolute atomic E-state index is 12.9. The van der Waals surface area contributed by atoms with Crippen molar-refractivity contribution < 1.29 is 4.79 Å². The topological polar surface area (TPSA) is 20.3 Å². The van der Waals surface area contributed by atoms with Crippen LogP contribution in [0.3, 0.4) is 0 Å². The Hall–Kier alpha value is -2.13. The maximum Gasteiger partial charge on any atom is 0.254 e. The molecule has 1 amide bonds. The smallest absolute Gasteiger partial charge is 0.254 e. The molecule has 24 heavy (non-hydrogen) atoms. The van der Waals surface area contributed by atoms with Gasteiger partial charge in [-0.25, -0.2) is 0 Å². The average molecular weight is 384 g/mol. The Bertz CT molecular complexity index is 728. The largest absolute Gasteiger partial charge is 0.304 e. The minimum atomic E-state index is -0.0429. The zero-order valence-electron chi connectivity index (χ0n) is 14.1. The maximum atomic E-state index is 12.9. The van der Waals surface area contributed by atoms with Gasteiger partial charge in [-0.3, -0.25) is 4.79 Å². The van der Waals surface area contributed by atoms with Crippen molar-refractivity contribution in [3.63, 3.8) is 0 Å². The third kappa shape index (κ3) is 5.20. The fourth-order valence-corrected chi connectivity index (χ4v) is 2.54. The fourth-order valence-electron chi connectivity index (χ4n) is 2.27. The number of carbonyl (C=O) groups excluding carboxylic acids is 1. The molecule has 0 bridgehead atoms. The van der Waals surface area contributed by atoms with Gasteiger partial charge in [-0.05, 0) is 50.1 Å². The van der Waals surface area contributed by atoms with E-state index in [1.165, 1.54) is 5.57 Å². The van der Waals surface area contributed by atoms with E-state index < -0.39 is 0 Å². The van der Waals surface area contributed by atoms with Crippen LogP contribution in [-0.4, -0.2) is 5.91 Å². The number of nitrogens with zero attached hydrogens (tertiary/aromatic N) is 1. The van der Waals surface area contributed by atoms with Crippen molar-refractivity contribution in [1.29, 1.82) is 0 Å². The van der Waals surface area contributed by atoms with Crippen LogP contribution in [0.25, 0.3) is 0 Å². The van der Waals surface area contributed by atoms with Gasteiger partial charge in [0.1, 0.15) is 0 Å². The summed E-state index contributed by atoms with van der Waals surface area (Å²) in [5.74, 6) is -0.0429. The lowest BCUT2D eigenvalue weighted by Crippen LogP contribution is -2.31. The molecular weight excluding hydrogens is 362 g/mol. The van der Waals surface area contributed by atoms with Crippen LogP contribution in [0, 0.1) is 0 Å². The van der Waals surface area contributed by atoms with E-state index in [0.29, 0.717) is 18.5 Å². The summed E-state index contributed by atoms with van der Waals surface area (Å²) < 4.78 is 0.988. The predicted octanol–water partition coefficient (Wildman–Crippen LogP) is 5.89. The monoisotopic (exact) mass is 383 g/mol. The van der Waals surface area contributed by atoms with Crippen LogP contribution in [-0.2, 0) is 11.3 Å². The second-order valence-electron chi connectivity index (χ2n) is 5.94. The van der Waals surface area contributed by atoms with Gasteiger partial charge in [0.15, 0.2) is 0 Å². The Balaban J connectivity index is 2.28. The summed E-state index contributed by atoms with van der Waals surface area (Å²) in [6, 6.07) is 17.8. The molecule has 3 heteroatoms. The van der Waals surface area contributed by atoms with Gasteiger partial charge in [0.05, 0.1) is 6.54 Å². The van der Waals surface area contributed by atoms with Gasteiger partial charge in [-0.15, -0.1) is 0 Å². The quantitative estimate of drug-likeness (QED) is 0.449. The Morgan fingerprint density at radius 1 is 1.08 bits per heavy atom. The molecule has 0 unspecified atom stereocenters. The summed E-state index contributed by atoms with van der Waals surface area (Å²) in [7, 11) is 0. The van der Waals surface area contributed by atoms with E-state index in [1.807, 2.05) is 74.5 Å². The molecule has 0 radical (unpaired) electrons. The van der Waals surface area contributed by atoms with Gasteiger partial charge in [0.2, 0.25) is 0 Å². The van der Waals surface area contributed by atoms with E-state index >= 15 is 0 Å². The highest BCUT2D eigenvalue weighted by Gasteiger charge is 2.18. The highest BCUT2D eigenvalue weighted by molar-refractivity contribution is 9.10. The molecule has 0 saturated carbocycles. The molecule has 124 valence electrons. The number of allylic oxidation sites excluding steroid dienone is 2. The first-order valence-electron chi connectivity index (χ1n) is 7.90. The van der Waals surface area contributed by atoms with E-state index in [9.17, 15) is 4.79 Å². The van der Waals surface area contributed by atoms with Gasteiger partial charge in [0.25, 0.3) is 5.91 Å². The standard InChI is InChI=1S/C21H22BrNO/c1-16(2)9-10-17(3)21(24)23(15-18-7-5-4-6-8-18)20-13-11-19(22)12-14-20/h4-9,11-14H,3,10,15H2,1-2H3. The molecule has 0 aliphatic heterocycles. The molecule has 0 fully saturated rings. The number of halogens is 1. The molecule has 0 aromatic heterocycles. The number of anilines is 1. The second-order valence-corrected chi connectivity index (χ2v) is 6.86. The molecule has 0 N–H and O–H groups in total. The molecular formula is C21H22BrNO. The minimum Gasteiger partial charge on any atom is -0.304 e. The van der Waals surface area contributed by atoms with Crippen molar-refractivity contribution >= 4 is 27.5 Å². The first-order valence-corrected chi connectivity index (χ1v) is 8.69. The number of benzene rings is 2. The molecule has 0 aliphatic rings. The molecule has 0 spiro atoms. The average Bonchev–Trinajstić information content (AvgIpc) is 2.58. The lowest BCUT2D eigenvalue weighted by Gasteiger charge is -2.24. The molecule has 0 atom stereocenters. The van der Waals surface area contributed by atoms with Gasteiger partial charge in [-0.2, -0.15) is 0 Å². The van der Waals surface area contributed by atoms with Gasteiger partial charge >= 0.3 is 0 Å². The number of rotatable bonds is 6. The van der Waals surface area contributed by atoms with Crippen LogP contribution in [0.5, 0.6) is 0 Å². The highest BCUT2D eigenvalue weighted by Crippen LogP contribution is 2.23. The third-order valence-electron chi connectivity index (χ3n) is 3.63. The van der Waals surface area contributed by atoms with E-state index in [1.54, 1.807) is 4.90 Å². The Morgan fingerprint density at radius 3 is 2.29 bits per heavy atom. The second kappa shape index (κ2) is 8.65. The summed E-state index contributed by atoms with van der Waals surface area (Å²) >= 11 is 3.44. The first kappa shape index (κ1) is 18.2. The van der Waals surface area contributed by atoms with Crippen molar-refractivity contribution in [3.05, 3.63) is 88.4 Å². The zero-order chi connectivity index (χ0) is 17.5. The lowest BCUT2D eigenvalue weighted by molar-refractivity contribution is -0.115. The Kier molecular flexibility index (Phi) is 6.56. The van der Waals surface area contributed by atoms with Crippen LogP contribution in [0.4, 0.5) is 5.69 Å². The fraction of sp³-hybridized carbons (Fsp3) is 0.190. The predicted molar refractivity (Wildman–Crippen MR) is 105 cm³/mol. The third-order valence-corrected chi connectivity index (χ3v) is 4.15. The molecule has 2 rings (SSSR count). The zero-order valence-corrected chi connectivity index (χ0v) is 15.7. The summed E-state index contributed by atoms with van der Waals surface area (Å²) in [5.41, 5.74) is 3.73. The van der Waals surface area contributed by atoms with Crippen molar-refractivity contribution in [2.24, 2.45) is 0 Å². The van der Waals surface area contributed by atoms with Crippen LogP contribution in [0.15, 0.2) is 82.9 Å². The number of carbonyl (C=O) groups is 1. The number of hydrogen-bond acceptors (Lipinski definition) is 1. The van der Waals surface area contributed by atoms with E-state index in [-0.39, 0.29) is 5.91 Å². The van der Waals surface area contributed by atoms with Crippen molar-refractivity contribution in [1.82, 2.24) is 0 Å². The Morgan fingerprint density at radius 2 is 1.71 bits per heavy atom. The van der Waals surface area contributed by atoms with E-state index in [4.69, 9.17) is 0 Å². The highest BCUT2D eigenvalue weighted by atomic mass is 79.9. The van der Waals surface area contributed by atoms with Gasteiger partial charge in [0, 0.05) is 15.7 Å². The molecule has 2 aromatic rings. The summed E-state index contributed by atoms with van der Waals surface area (Å²) in [6.07, 6.45) is 2.60. The molecule has 0 heterocycles. The lowest BCUT2D eigenvalue weighted by atomic mass is 10.1. The number of amides is 1. The van der Waals surface area contributed by atoms with Crippen LogP contribution < -0.4 is 4.90 Å². The molecule has 0 aliphatic carbocycles. The summed E-state index contributed by atoms with van der Waals surface area (Å²) in [5, 5.41) is 0. The van der Waals surface area contributed by atoms with Crippen molar-refractivity contribution in [2.75, 3.05) is 4.90 Å². The van der Waals surface area contributed by atoms with Crippen LogP contribution in [0.2, 0.25) is 0 Å². The van der Waals surface area contributed by atoms with Crippen molar-refractivity contribution in [3.8, 4) is 0 Å². The Labute approximate surface area is 152 Å². The SMILES string of the molecule is C=C(CC=C(C)C)C(=O)N(Cc1ccccc1)c1ccc(Br)cc1. The molecule has 0 saturated heterocycles. The van der Waals surface area contributed by atoms with E-state index in [2.05, 4.69) is 22.5 Å². The van der Waals surface area contributed by atoms with Crippen molar-refractivity contribution in [2.45, 2.75) is 26.8 Å². The van der Waals surface area contributed by atoms with E-state index in [0.717, 1.165) is 15.7 Å². The summed E-state index contributed by atoms with van der Waals surface area (Å²) in [6.45, 7) is 8.55. The number of hydrogen-bond donors (Lipinski definition) is 0. The van der Waals surface area contributed by atoms with Gasteiger partial charge in [-0.1, -0.05) is 64.5 Å². The first-order chi connectivity index (χ1) is 11.5. The van der Waals surface area contributed by atoms with Crippen LogP contribution in [0.1, 0.15) is 25.8 Å². The minimum absolute atomic E-state index is 0.0429. The normalized spacial score (nSPS) is 10.1. The van der Waals surface area contributed by atoms with Crippen LogP contribution >= 0.6 is 15.9 Å². The molecule has 2 aromatic carbocycles.